The van der Waals surface area contributed by atoms with Gasteiger partial charge in [-0.2, -0.15) is 0 Å². The normalized spacial score (nSPS) is 10.0. The second kappa shape index (κ2) is 6.25. The van der Waals surface area contributed by atoms with Gasteiger partial charge in [-0.3, -0.25) is 0 Å². The fourth-order valence-corrected chi connectivity index (χ4v) is 1.85. The summed E-state index contributed by atoms with van der Waals surface area (Å²) in [5, 5.41) is 0.506. The van der Waals surface area contributed by atoms with Gasteiger partial charge in [-0.15, -0.1) is 0 Å². The Morgan fingerprint density at radius 3 is 2.68 bits per heavy atom. The number of carbonyl (C=O) groups excluding carboxylic acids is 1. The van der Waals surface area contributed by atoms with E-state index in [0.29, 0.717) is 16.3 Å². The third kappa shape index (κ3) is 3.48. The summed E-state index contributed by atoms with van der Waals surface area (Å²) < 4.78 is 10.4. The predicted molar refractivity (Wildman–Crippen MR) is 73.6 cm³/mol. The summed E-state index contributed by atoms with van der Waals surface area (Å²) in [5.74, 6) is 0.287. The molecule has 2 aromatic rings. The maximum Gasteiger partial charge on any atom is 0.338 e. The van der Waals surface area contributed by atoms with E-state index < -0.39 is 5.97 Å². The van der Waals surface area contributed by atoms with Crippen LogP contribution in [0.2, 0.25) is 5.02 Å². The fourth-order valence-electron chi connectivity index (χ4n) is 1.66. The summed E-state index contributed by atoms with van der Waals surface area (Å²) in [7, 11) is 1.58. The van der Waals surface area contributed by atoms with Crippen LogP contribution in [0, 0.1) is 0 Å². The highest BCUT2D eigenvalue weighted by atomic mass is 35.5. The fraction of sp³-hybridized carbons (Fsp3) is 0.133. The van der Waals surface area contributed by atoms with Crippen LogP contribution in [0.4, 0.5) is 0 Å². The summed E-state index contributed by atoms with van der Waals surface area (Å²) in [4.78, 5) is 11.8. The zero-order valence-corrected chi connectivity index (χ0v) is 11.2. The molecule has 0 bridgehead atoms. The molecule has 2 aromatic carbocycles. The number of benzene rings is 2. The zero-order valence-electron chi connectivity index (χ0n) is 10.4. The van der Waals surface area contributed by atoms with Crippen LogP contribution in [-0.2, 0) is 11.3 Å². The molecule has 0 N–H and O–H groups in total. The number of methoxy groups -OCH3 is 1. The molecule has 0 amide bonds. The molecule has 0 aliphatic heterocycles. The van der Waals surface area contributed by atoms with Gasteiger partial charge in [0.1, 0.15) is 12.4 Å². The van der Waals surface area contributed by atoms with Gasteiger partial charge in [0.15, 0.2) is 0 Å². The number of carbonyl (C=O) groups is 1. The summed E-state index contributed by atoms with van der Waals surface area (Å²) in [6.07, 6.45) is 0. The Morgan fingerprint density at radius 2 is 1.95 bits per heavy atom. The first-order valence-corrected chi connectivity index (χ1v) is 6.13. The van der Waals surface area contributed by atoms with Crippen molar-refractivity contribution < 1.29 is 14.3 Å². The lowest BCUT2D eigenvalue weighted by atomic mass is 10.2. The Kier molecular flexibility index (Phi) is 4.42. The van der Waals surface area contributed by atoms with E-state index in [2.05, 4.69) is 0 Å². The van der Waals surface area contributed by atoms with Crippen molar-refractivity contribution in [1.29, 1.82) is 0 Å². The highest BCUT2D eigenvalue weighted by Crippen LogP contribution is 2.19. The van der Waals surface area contributed by atoms with Gasteiger partial charge in [-0.1, -0.05) is 35.9 Å². The molecule has 0 aromatic heterocycles. The van der Waals surface area contributed by atoms with E-state index in [9.17, 15) is 4.79 Å². The quantitative estimate of drug-likeness (QED) is 0.799. The molecule has 19 heavy (non-hydrogen) atoms. The van der Waals surface area contributed by atoms with Crippen molar-refractivity contribution in [3.8, 4) is 5.75 Å². The third-order valence-corrected chi connectivity index (χ3v) is 2.85. The number of ether oxygens (including phenoxy) is 2. The van der Waals surface area contributed by atoms with Gasteiger partial charge in [0.2, 0.25) is 0 Å². The number of hydrogen-bond donors (Lipinski definition) is 0. The highest BCUT2D eigenvalue weighted by Gasteiger charge is 2.09. The SMILES string of the molecule is COc1ccccc1COC(=O)c1cccc(Cl)c1. The van der Waals surface area contributed by atoms with Crippen LogP contribution >= 0.6 is 11.6 Å². The zero-order chi connectivity index (χ0) is 13.7. The van der Waals surface area contributed by atoms with Gasteiger partial charge in [-0.25, -0.2) is 4.79 Å². The van der Waals surface area contributed by atoms with Gasteiger partial charge in [0.05, 0.1) is 12.7 Å². The van der Waals surface area contributed by atoms with Crippen molar-refractivity contribution in [2.24, 2.45) is 0 Å². The molecule has 0 atom stereocenters. The molecule has 0 unspecified atom stereocenters. The van der Waals surface area contributed by atoms with E-state index >= 15 is 0 Å². The summed E-state index contributed by atoms with van der Waals surface area (Å²) >= 11 is 5.83. The van der Waals surface area contributed by atoms with Gasteiger partial charge >= 0.3 is 5.97 Å². The van der Waals surface area contributed by atoms with Crippen LogP contribution in [0.15, 0.2) is 48.5 Å². The molecule has 98 valence electrons. The number of rotatable bonds is 4. The van der Waals surface area contributed by atoms with Crippen LogP contribution in [0.3, 0.4) is 0 Å². The van der Waals surface area contributed by atoms with Crippen LogP contribution in [0.25, 0.3) is 0 Å². The van der Waals surface area contributed by atoms with Crippen molar-refractivity contribution in [2.75, 3.05) is 7.11 Å². The van der Waals surface area contributed by atoms with E-state index in [1.807, 2.05) is 24.3 Å². The number of esters is 1. The number of halogens is 1. The van der Waals surface area contributed by atoms with Crippen LogP contribution in [0.5, 0.6) is 5.75 Å². The Morgan fingerprint density at radius 1 is 1.16 bits per heavy atom. The van der Waals surface area contributed by atoms with E-state index in [1.165, 1.54) is 0 Å². The Labute approximate surface area is 116 Å². The van der Waals surface area contributed by atoms with Gasteiger partial charge in [0.25, 0.3) is 0 Å². The molecule has 2 rings (SSSR count). The second-order valence-electron chi connectivity index (χ2n) is 3.90. The van der Waals surface area contributed by atoms with Gasteiger partial charge in [0, 0.05) is 10.6 Å². The van der Waals surface area contributed by atoms with Crippen molar-refractivity contribution in [3.63, 3.8) is 0 Å². The lowest BCUT2D eigenvalue weighted by Crippen LogP contribution is -2.05. The van der Waals surface area contributed by atoms with E-state index in [4.69, 9.17) is 21.1 Å². The minimum Gasteiger partial charge on any atom is -0.496 e. The molecule has 0 fully saturated rings. The monoisotopic (exact) mass is 276 g/mol. The first-order chi connectivity index (χ1) is 9.20. The highest BCUT2D eigenvalue weighted by molar-refractivity contribution is 6.30. The Bertz CT molecular complexity index is 581. The van der Waals surface area contributed by atoms with Gasteiger partial charge in [-0.05, 0) is 24.3 Å². The maximum absolute atomic E-state index is 11.8. The second-order valence-corrected chi connectivity index (χ2v) is 4.33. The first kappa shape index (κ1) is 13.4. The minimum absolute atomic E-state index is 0.162. The first-order valence-electron chi connectivity index (χ1n) is 5.75. The maximum atomic E-state index is 11.8. The average Bonchev–Trinajstić information content (AvgIpc) is 2.45. The summed E-state index contributed by atoms with van der Waals surface area (Å²) in [6, 6.07) is 14.1. The standard InChI is InChI=1S/C15H13ClO3/c1-18-14-8-3-2-5-12(14)10-19-15(17)11-6-4-7-13(16)9-11/h2-9H,10H2,1H3. The molecule has 0 saturated carbocycles. The van der Waals surface area contributed by atoms with Crippen LogP contribution in [-0.4, -0.2) is 13.1 Å². The number of para-hydroxylation sites is 1. The molecule has 0 aliphatic carbocycles. The van der Waals surface area contributed by atoms with Gasteiger partial charge < -0.3 is 9.47 Å². The van der Waals surface area contributed by atoms with E-state index in [0.717, 1.165) is 5.56 Å². The molecular weight excluding hydrogens is 264 g/mol. The Hall–Kier alpha value is -2.00. The lowest BCUT2D eigenvalue weighted by molar-refractivity contribution is 0.0470. The average molecular weight is 277 g/mol. The lowest BCUT2D eigenvalue weighted by Gasteiger charge is -2.09. The van der Waals surface area contributed by atoms with Crippen LogP contribution in [0.1, 0.15) is 15.9 Å². The van der Waals surface area contributed by atoms with Crippen molar-refractivity contribution in [1.82, 2.24) is 0 Å². The smallest absolute Gasteiger partial charge is 0.338 e. The molecule has 0 heterocycles. The molecule has 0 saturated heterocycles. The van der Waals surface area contributed by atoms with Crippen molar-refractivity contribution in [3.05, 3.63) is 64.7 Å². The molecule has 0 aliphatic rings. The summed E-state index contributed by atoms with van der Waals surface area (Å²) in [6.45, 7) is 0.162. The molecule has 0 spiro atoms. The minimum atomic E-state index is -0.409. The topological polar surface area (TPSA) is 35.5 Å². The molecule has 0 radical (unpaired) electrons. The summed E-state index contributed by atoms with van der Waals surface area (Å²) in [5.41, 5.74) is 1.25. The largest absolute Gasteiger partial charge is 0.496 e. The van der Waals surface area contributed by atoms with Crippen LogP contribution < -0.4 is 4.74 Å². The van der Waals surface area contributed by atoms with Crippen molar-refractivity contribution >= 4 is 17.6 Å². The molecule has 3 nitrogen and oxygen atoms in total. The number of hydrogen-bond acceptors (Lipinski definition) is 3. The molecular formula is C15H13ClO3. The Balaban J connectivity index is 2.04. The molecule has 4 heteroatoms. The van der Waals surface area contributed by atoms with E-state index in [1.54, 1.807) is 31.4 Å². The predicted octanol–water partition coefficient (Wildman–Crippen LogP) is 3.71. The van der Waals surface area contributed by atoms with E-state index in [-0.39, 0.29) is 6.61 Å². The third-order valence-electron chi connectivity index (χ3n) is 2.61. The van der Waals surface area contributed by atoms with Crippen molar-refractivity contribution in [2.45, 2.75) is 6.61 Å².